The van der Waals surface area contributed by atoms with Crippen molar-refractivity contribution >= 4 is 41.3 Å². The molecule has 1 aliphatic rings. The van der Waals surface area contributed by atoms with Gasteiger partial charge in [-0.15, -0.1) is 0 Å². The molecule has 0 saturated heterocycles. The van der Waals surface area contributed by atoms with Crippen molar-refractivity contribution < 1.29 is 14.7 Å². The number of carboxylic acids is 1. The van der Waals surface area contributed by atoms with Crippen LogP contribution in [0.15, 0.2) is 54.9 Å². The van der Waals surface area contributed by atoms with E-state index < -0.39 is 5.97 Å². The number of carbonyl (C=O) groups excluding carboxylic acids is 1. The van der Waals surface area contributed by atoms with Gasteiger partial charge in [-0.05, 0) is 52.6 Å². The predicted molar refractivity (Wildman–Crippen MR) is 114 cm³/mol. The third-order valence-electron chi connectivity index (χ3n) is 4.94. The van der Waals surface area contributed by atoms with E-state index in [4.69, 9.17) is 11.6 Å². The van der Waals surface area contributed by atoms with Crippen molar-refractivity contribution in [3.63, 3.8) is 0 Å². The lowest BCUT2D eigenvalue weighted by Crippen LogP contribution is -2.29. The van der Waals surface area contributed by atoms with E-state index in [2.05, 4.69) is 4.98 Å². The predicted octanol–water partition coefficient (Wildman–Crippen LogP) is 5.14. The zero-order valence-electron chi connectivity index (χ0n) is 15.6. The smallest absolute Gasteiger partial charge is 0.336 e. The molecule has 1 aromatic heterocycles. The minimum absolute atomic E-state index is 0.0900. The molecule has 6 heteroatoms. The van der Waals surface area contributed by atoms with Crippen molar-refractivity contribution in [2.75, 3.05) is 4.90 Å². The number of rotatable bonds is 2. The van der Waals surface area contributed by atoms with Gasteiger partial charge in [-0.25, -0.2) is 4.79 Å². The van der Waals surface area contributed by atoms with Gasteiger partial charge >= 0.3 is 5.97 Å². The molecule has 144 valence electrons. The second-order valence-electron chi connectivity index (χ2n) is 6.78. The highest BCUT2D eigenvalue weighted by molar-refractivity contribution is 6.30. The highest BCUT2D eigenvalue weighted by Crippen LogP contribution is 2.33. The Kier molecular flexibility index (Phi) is 4.91. The summed E-state index contributed by atoms with van der Waals surface area (Å²) in [5, 5.41) is 10.1. The van der Waals surface area contributed by atoms with Crippen LogP contribution in [0.25, 0.3) is 23.3 Å². The minimum Gasteiger partial charge on any atom is -0.478 e. The summed E-state index contributed by atoms with van der Waals surface area (Å²) in [5.41, 5.74) is 4.97. The number of anilines is 1. The number of hydrogen-bond acceptors (Lipinski definition) is 3. The molecular formula is C23H17ClN2O3. The van der Waals surface area contributed by atoms with Crippen LogP contribution in [0.3, 0.4) is 0 Å². The lowest BCUT2D eigenvalue weighted by molar-refractivity contribution is -0.116. The fourth-order valence-corrected chi connectivity index (χ4v) is 3.69. The Hall–Kier alpha value is -3.44. The van der Waals surface area contributed by atoms with E-state index in [1.165, 1.54) is 19.2 Å². The first-order chi connectivity index (χ1) is 13.9. The van der Waals surface area contributed by atoms with Crippen LogP contribution in [-0.4, -0.2) is 22.0 Å². The third-order valence-corrected chi connectivity index (χ3v) is 5.17. The monoisotopic (exact) mass is 404 g/mol. The number of halogens is 1. The molecule has 2 heterocycles. The second-order valence-corrected chi connectivity index (χ2v) is 7.22. The quantitative estimate of drug-likeness (QED) is 0.642. The molecule has 3 aromatic rings. The van der Waals surface area contributed by atoms with Crippen LogP contribution in [-0.2, 0) is 11.3 Å². The molecule has 0 bridgehead atoms. The maximum absolute atomic E-state index is 12.4. The number of fused-ring (bicyclic) bond motifs is 2. The van der Waals surface area contributed by atoms with Crippen LogP contribution in [0.1, 0.15) is 34.0 Å². The van der Waals surface area contributed by atoms with Crippen molar-refractivity contribution in [3.8, 4) is 11.1 Å². The van der Waals surface area contributed by atoms with Gasteiger partial charge in [0.05, 0.1) is 17.8 Å². The van der Waals surface area contributed by atoms with Crippen LogP contribution in [0, 0.1) is 0 Å². The van der Waals surface area contributed by atoms with Crippen LogP contribution in [0.5, 0.6) is 0 Å². The van der Waals surface area contributed by atoms with E-state index in [1.807, 2.05) is 42.5 Å². The van der Waals surface area contributed by atoms with Gasteiger partial charge in [0.15, 0.2) is 0 Å². The zero-order valence-corrected chi connectivity index (χ0v) is 16.3. The minimum atomic E-state index is -1.01. The summed E-state index contributed by atoms with van der Waals surface area (Å²) in [6, 6.07) is 12.6. The normalized spacial score (nSPS) is 12.6. The van der Waals surface area contributed by atoms with E-state index in [-0.39, 0.29) is 11.5 Å². The summed E-state index contributed by atoms with van der Waals surface area (Å²) in [6.07, 6.45) is 6.92. The molecule has 0 saturated carbocycles. The van der Waals surface area contributed by atoms with E-state index in [0.29, 0.717) is 17.1 Å². The van der Waals surface area contributed by atoms with Crippen molar-refractivity contribution in [2.24, 2.45) is 0 Å². The highest BCUT2D eigenvalue weighted by Gasteiger charge is 2.20. The lowest BCUT2D eigenvalue weighted by atomic mass is 9.95. The van der Waals surface area contributed by atoms with Crippen LogP contribution >= 0.6 is 11.6 Å². The number of aromatic carboxylic acids is 1. The summed E-state index contributed by atoms with van der Waals surface area (Å²) < 4.78 is 0. The van der Waals surface area contributed by atoms with Gasteiger partial charge in [0.25, 0.3) is 0 Å². The van der Waals surface area contributed by atoms with Gasteiger partial charge < -0.3 is 10.0 Å². The van der Waals surface area contributed by atoms with Crippen LogP contribution in [0.2, 0.25) is 5.02 Å². The van der Waals surface area contributed by atoms with E-state index in [0.717, 1.165) is 27.9 Å². The maximum Gasteiger partial charge on any atom is 0.336 e. The van der Waals surface area contributed by atoms with Crippen molar-refractivity contribution in [3.05, 3.63) is 82.1 Å². The molecule has 0 radical (unpaired) electrons. The maximum atomic E-state index is 12.4. The fourth-order valence-electron chi connectivity index (χ4n) is 3.50. The zero-order chi connectivity index (χ0) is 20.5. The number of amides is 1. The molecule has 5 nitrogen and oxygen atoms in total. The number of carbonyl (C=O) groups is 2. The topological polar surface area (TPSA) is 70.5 Å². The average molecular weight is 405 g/mol. The summed E-state index contributed by atoms with van der Waals surface area (Å²) in [7, 11) is 0. The molecule has 1 amide bonds. The highest BCUT2D eigenvalue weighted by atomic mass is 35.5. The Morgan fingerprint density at radius 1 is 1.07 bits per heavy atom. The molecule has 0 unspecified atom stereocenters. The lowest BCUT2D eigenvalue weighted by Gasteiger charge is -2.26. The Bertz CT molecular complexity index is 1170. The summed E-state index contributed by atoms with van der Waals surface area (Å²) >= 11 is 6.14. The number of benzene rings is 2. The SMILES string of the molecule is CC(=O)N1Cc2cc(-c3cnccc3C(=O)O)ccc2C=Cc2cc(Cl)ccc21. The first kappa shape index (κ1) is 18.9. The van der Waals surface area contributed by atoms with Crippen LogP contribution < -0.4 is 4.90 Å². The van der Waals surface area contributed by atoms with E-state index in [9.17, 15) is 14.7 Å². The van der Waals surface area contributed by atoms with Crippen molar-refractivity contribution in [2.45, 2.75) is 13.5 Å². The summed E-state index contributed by atoms with van der Waals surface area (Å²) in [6.45, 7) is 1.89. The molecule has 4 rings (SSSR count). The molecule has 0 spiro atoms. The standard InChI is InChI=1S/C23H17ClN2O3/c1-14(27)26-13-18-10-16(21-12-25-9-8-20(21)23(28)29)4-2-15(18)3-5-17-11-19(24)6-7-22(17)26/h2-12H,13H2,1H3,(H,28,29). The van der Waals surface area contributed by atoms with E-state index >= 15 is 0 Å². The first-order valence-electron chi connectivity index (χ1n) is 9.00. The molecule has 1 N–H and O–H groups in total. The fraction of sp³-hybridized carbons (Fsp3) is 0.0870. The number of hydrogen-bond donors (Lipinski definition) is 1. The number of pyridine rings is 1. The largest absolute Gasteiger partial charge is 0.478 e. The van der Waals surface area contributed by atoms with E-state index in [1.54, 1.807) is 17.2 Å². The van der Waals surface area contributed by atoms with Gasteiger partial charge in [-0.3, -0.25) is 9.78 Å². The Labute approximate surface area is 172 Å². The molecule has 2 aromatic carbocycles. The van der Waals surface area contributed by atoms with Gasteiger partial charge in [-0.2, -0.15) is 0 Å². The molecule has 1 aliphatic heterocycles. The summed E-state index contributed by atoms with van der Waals surface area (Å²) in [4.78, 5) is 29.8. The van der Waals surface area contributed by atoms with Gasteiger partial charge in [-0.1, -0.05) is 35.9 Å². The first-order valence-corrected chi connectivity index (χ1v) is 9.38. The molecular weight excluding hydrogens is 388 g/mol. The van der Waals surface area contributed by atoms with Gasteiger partial charge in [0.2, 0.25) is 5.91 Å². The summed E-state index contributed by atoms with van der Waals surface area (Å²) in [5.74, 6) is -1.10. The molecule has 29 heavy (non-hydrogen) atoms. The van der Waals surface area contributed by atoms with Gasteiger partial charge in [0.1, 0.15) is 0 Å². The molecule has 0 aliphatic carbocycles. The Morgan fingerprint density at radius 2 is 1.86 bits per heavy atom. The Morgan fingerprint density at radius 3 is 2.62 bits per heavy atom. The number of aromatic nitrogens is 1. The third kappa shape index (κ3) is 3.65. The molecule has 0 fully saturated rings. The van der Waals surface area contributed by atoms with Crippen LogP contribution in [0.4, 0.5) is 5.69 Å². The Balaban J connectivity index is 1.86. The number of nitrogens with zero attached hydrogens (tertiary/aromatic N) is 2. The average Bonchev–Trinajstić information content (AvgIpc) is 2.69. The number of carboxylic acid groups (broad SMARTS) is 1. The van der Waals surface area contributed by atoms with Gasteiger partial charge in [0, 0.05) is 29.9 Å². The second kappa shape index (κ2) is 7.53. The molecule has 0 atom stereocenters. The van der Waals surface area contributed by atoms with Crippen molar-refractivity contribution in [1.29, 1.82) is 0 Å². The van der Waals surface area contributed by atoms with Crippen molar-refractivity contribution in [1.82, 2.24) is 4.98 Å².